The van der Waals surface area contributed by atoms with E-state index in [1.165, 1.54) is 15.9 Å². The molecule has 3 rings (SSSR count). The molecule has 0 atom stereocenters. The Labute approximate surface area is 118 Å². The molecule has 0 spiro atoms. The number of aliphatic hydroxyl groups excluding tert-OH is 1. The summed E-state index contributed by atoms with van der Waals surface area (Å²) in [5, 5.41) is 14.8. The Bertz CT molecular complexity index is 742. The molecule has 0 aliphatic carbocycles. The second kappa shape index (κ2) is 5.44. The van der Waals surface area contributed by atoms with Crippen LogP contribution in [-0.4, -0.2) is 14.8 Å². The lowest BCUT2D eigenvalue weighted by molar-refractivity contribution is 0.282. The first-order chi connectivity index (χ1) is 9.78. The molecule has 0 radical (unpaired) electrons. The maximum absolute atomic E-state index is 11.8. The van der Waals surface area contributed by atoms with Crippen LogP contribution in [0.25, 0.3) is 10.7 Å². The van der Waals surface area contributed by atoms with E-state index < -0.39 is 5.76 Å². The summed E-state index contributed by atoms with van der Waals surface area (Å²) in [5.74, 6) is 0.0656. The molecule has 1 N–H and O–H groups in total. The summed E-state index contributed by atoms with van der Waals surface area (Å²) in [6.07, 6.45) is 0. The lowest BCUT2D eigenvalue weighted by Gasteiger charge is -2.04. The summed E-state index contributed by atoms with van der Waals surface area (Å²) in [7, 11) is 0. The molecule has 0 saturated carbocycles. The topological polar surface area (TPSA) is 68.3 Å². The number of rotatable bonds is 4. The monoisotopic (exact) mass is 288 g/mol. The fourth-order valence-electron chi connectivity index (χ4n) is 1.92. The molecular weight excluding hydrogens is 276 g/mol. The minimum Gasteiger partial charge on any atom is -0.392 e. The smallest absolute Gasteiger partial charge is 0.392 e. The molecule has 0 unspecified atom stereocenters. The van der Waals surface area contributed by atoms with E-state index in [4.69, 9.17) is 9.63 Å². The van der Waals surface area contributed by atoms with Gasteiger partial charge in [-0.05, 0) is 22.6 Å². The first-order valence-electron chi connectivity index (χ1n) is 6.07. The van der Waals surface area contributed by atoms with E-state index >= 15 is 0 Å². The van der Waals surface area contributed by atoms with Crippen molar-refractivity contribution >= 4 is 11.3 Å². The normalized spacial score (nSPS) is 10.8. The molecule has 0 amide bonds. The van der Waals surface area contributed by atoms with Crippen molar-refractivity contribution in [2.45, 2.75) is 13.2 Å². The Morgan fingerprint density at radius 1 is 1.20 bits per heavy atom. The molecule has 0 aliphatic rings. The number of aliphatic hydroxyl groups is 1. The maximum Gasteiger partial charge on any atom is 0.442 e. The van der Waals surface area contributed by atoms with Crippen molar-refractivity contribution in [1.82, 2.24) is 9.72 Å². The Morgan fingerprint density at radius 3 is 2.60 bits per heavy atom. The minimum absolute atomic E-state index is 0.00788. The van der Waals surface area contributed by atoms with Gasteiger partial charge in [-0.1, -0.05) is 35.5 Å². The van der Waals surface area contributed by atoms with Crippen LogP contribution in [0.2, 0.25) is 0 Å². The fourth-order valence-corrected chi connectivity index (χ4v) is 2.64. The van der Waals surface area contributed by atoms with Crippen LogP contribution in [0.4, 0.5) is 0 Å². The summed E-state index contributed by atoms with van der Waals surface area (Å²) in [4.78, 5) is 12.7. The van der Waals surface area contributed by atoms with Crippen molar-refractivity contribution in [1.29, 1.82) is 0 Å². The van der Waals surface area contributed by atoms with Crippen molar-refractivity contribution in [3.05, 3.63) is 63.5 Å². The largest absolute Gasteiger partial charge is 0.442 e. The van der Waals surface area contributed by atoms with Gasteiger partial charge in [0.2, 0.25) is 0 Å². The molecule has 0 saturated heterocycles. The van der Waals surface area contributed by atoms with Gasteiger partial charge in [-0.25, -0.2) is 4.79 Å². The molecule has 102 valence electrons. The van der Waals surface area contributed by atoms with Gasteiger partial charge in [-0.3, -0.25) is 9.09 Å². The number of nitrogens with zero attached hydrogens (tertiary/aromatic N) is 2. The van der Waals surface area contributed by atoms with Gasteiger partial charge in [0, 0.05) is 0 Å². The minimum atomic E-state index is -0.473. The first kappa shape index (κ1) is 12.8. The van der Waals surface area contributed by atoms with E-state index in [1.807, 2.05) is 41.8 Å². The van der Waals surface area contributed by atoms with E-state index in [-0.39, 0.29) is 6.61 Å². The van der Waals surface area contributed by atoms with Crippen LogP contribution in [-0.2, 0) is 13.2 Å². The van der Waals surface area contributed by atoms with E-state index in [0.29, 0.717) is 12.4 Å². The van der Waals surface area contributed by atoms with Gasteiger partial charge in [0.05, 0.1) is 18.0 Å². The molecule has 2 aromatic heterocycles. The van der Waals surface area contributed by atoms with Gasteiger partial charge in [-0.2, -0.15) is 0 Å². The third-order valence-corrected chi connectivity index (χ3v) is 3.84. The molecule has 0 aliphatic heterocycles. The zero-order chi connectivity index (χ0) is 13.9. The van der Waals surface area contributed by atoms with Gasteiger partial charge in [0.25, 0.3) is 0 Å². The van der Waals surface area contributed by atoms with E-state index in [1.54, 1.807) is 0 Å². The van der Waals surface area contributed by atoms with Crippen LogP contribution >= 0.6 is 11.3 Å². The molecule has 1 aromatic carbocycles. The van der Waals surface area contributed by atoms with Gasteiger partial charge >= 0.3 is 5.76 Å². The third kappa shape index (κ3) is 2.43. The highest BCUT2D eigenvalue weighted by Gasteiger charge is 2.13. The van der Waals surface area contributed by atoms with E-state index in [2.05, 4.69) is 5.16 Å². The van der Waals surface area contributed by atoms with E-state index in [9.17, 15) is 4.79 Å². The van der Waals surface area contributed by atoms with Crippen molar-refractivity contribution in [2.24, 2.45) is 0 Å². The highest BCUT2D eigenvalue weighted by atomic mass is 32.1. The van der Waals surface area contributed by atoms with Crippen LogP contribution in [0.5, 0.6) is 0 Å². The number of hydrogen-bond acceptors (Lipinski definition) is 5. The first-order valence-corrected chi connectivity index (χ1v) is 6.95. The Balaban J connectivity index is 1.94. The average molecular weight is 288 g/mol. The van der Waals surface area contributed by atoms with Crippen LogP contribution in [0.3, 0.4) is 0 Å². The zero-order valence-electron chi connectivity index (χ0n) is 10.5. The number of aromatic nitrogens is 2. The maximum atomic E-state index is 11.8. The SMILES string of the molecule is O=c1onc(-c2cccs2)n1Cc1ccc(CO)cc1. The van der Waals surface area contributed by atoms with Crippen LogP contribution < -0.4 is 5.76 Å². The number of hydrogen-bond donors (Lipinski definition) is 1. The van der Waals surface area contributed by atoms with Crippen molar-refractivity contribution < 1.29 is 9.63 Å². The second-order valence-electron chi connectivity index (χ2n) is 4.31. The van der Waals surface area contributed by atoms with Gasteiger partial charge < -0.3 is 5.11 Å². The molecule has 0 fully saturated rings. The van der Waals surface area contributed by atoms with Crippen LogP contribution in [0.1, 0.15) is 11.1 Å². The Kier molecular flexibility index (Phi) is 3.49. The van der Waals surface area contributed by atoms with Crippen molar-refractivity contribution in [2.75, 3.05) is 0 Å². The molecule has 0 bridgehead atoms. The Hall–Kier alpha value is -2.18. The predicted octanol–water partition coefficient (Wildman–Crippen LogP) is 2.11. The summed E-state index contributed by atoms with van der Waals surface area (Å²) in [6.45, 7) is 0.398. The molecular formula is C14H12N2O3S. The van der Waals surface area contributed by atoms with Crippen LogP contribution in [0, 0.1) is 0 Å². The molecule has 2 heterocycles. The fraction of sp³-hybridized carbons (Fsp3) is 0.143. The molecule has 20 heavy (non-hydrogen) atoms. The zero-order valence-corrected chi connectivity index (χ0v) is 11.3. The lowest BCUT2D eigenvalue weighted by Crippen LogP contribution is -2.16. The van der Waals surface area contributed by atoms with Crippen molar-refractivity contribution in [3.63, 3.8) is 0 Å². The molecule has 5 nitrogen and oxygen atoms in total. The highest BCUT2D eigenvalue weighted by Crippen LogP contribution is 2.22. The molecule has 6 heteroatoms. The third-order valence-electron chi connectivity index (χ3n) is 2.97. The van der Waals surface area contributed by atoms with Crippen LogP contribution in [0.15, 0.2) is 51.1 Å². The average Bonchev–Trinajstić information content (AvgIpc) is 3.11. The summed E-state index contributed by atoms with van der Waals surface area (Å²) < 4.78 is 6.26. The second-order valence-corrected chi connectivity index (χ2v) is 5.26. The van der Waals surface area contributed by atoms with E-state index in [0.717, 1.165) is 16.0 Å². The summed E-state index contributed by atoms with van der Waals surface area (Å²) in [6, 6.07) is 11.2. The molecule has 3 aromatic rings. The lowest BCUT2D eigenvalue weighted by atomic mass is 10.1. The van der Waals surface area contributed by atoms with Gasteiger partial charge in [0.1, 0.15) is 0 Å². The predicted molar refractivity (Wildman–Crippen MR) is 75.5 cm³/mol. The summed E-state index contributed by atoms with van der Waals surface area (Å²) in [5.41, 5.74) is 1.79. The summed E-state index contributed by atoms with van der Waals surface area (Å²) >= 11 is 1.50. The quantitative estimate of drug-likeness (QED) is 0.798. The highest BCUT2D eigenvalue weighted by molar-refractivity contribution is 7.13. The van der Waals surface area contributed by atoms with Gasteiger partial charge in [-0.15, -0.1) is 11.3 Å². The number of benzene rings is 1. The van der Waals surface area contributed by atoms with Crippen molar-refractivity contribution in [3.8, 4) is 10.7 Å². The number of thiophene rings is 1. The van der Waals surface area contributed by atoms with Gasteiger partial charge in [0.15, 0.2) is 5.82 Å². The standard InChI is InChI=1S/C14H12N2O3S/c17-9-11-5-3-10(4-6-11)8-16-13(15-19-14(16)18)12-2-1-7-20-12/h1-7,17H,8-9H2. The Morgan fingerprint density at radius 2 is 1.95 bits per heavy atom.